The minimum atomic E-state index is -0.468. The predicted octanol–water partition coefficient (Wildman–Crippen LogP) is 1.72. The fourth-order valence-electron chi connectivity index (χ4n) is 3.00. The maximum atomic E-state index is 14.1. The summed E-state index contributed by atoms with van der Waals surface area (Å²) in [6, 6.07) is 4.51. The van der Waals surface area contributed by atoms with Gasteiger partial charge < -0.3 is 11.1 Å². The van der Waals surface area contributed by atoms with Gasteiger partial charge in [-0.2, -0.15) is 5.10 Å². The molecule has 0 aliphatic heterocycles. The summed E-state index contributed by atoms with van der Waals surface area (Å²) in [4.78, 5) is 16.1. The summed E-state index contributed by atoms with van der Waals surface area (Å²) in [6.45, 7) is 0.512. The first-order valence-corrected chi connectivity index (χ1v) is 7.34. The first kappa shape index (κ1) is 14.6. The minimum Gasteiger partial charge on any atom is -0.330 e. The third-order valence-electron chi connectivity index (χ3n) is 4.18. The number of aromatic nitrogens is 3. The predicted molar refractivity (Wildman–Crippen MR) is 79.8 cm³/mol. The van der Waals surface area contributed by atoms with Crippen LogP contribution in [0, 0.1) is 17.7 Å². The standard InChI is InChI=1S/C15H18FN5O/c16-13-6-11(4-5-14(13)21-9-18-8-19-21)20-15(22)12-3-1-2-10(12)7-17/h4-6,8-10,12H,1-3,7,17H2,(H,20,22)/t10-,12-/m1/s1. The highest BCUT2D eigenvalue weighted by Gasteiger charge is 2.31. The molecule has 116 valence electrons. The van der Waals surface area contributed by atoms with Gasteiger partial charge in [0.1, 0.15) is 18.3 Å². The van der Waals surface area contributed by atoms with Crippen LogP contribution in [-0.2, 0) is 4.79 Å². The molecule has 6 nitrogen and oxygen atoms in total. The Balaban J connectivity index is 1.73. The van der Waals surface area contributed by atoms with Crippen molar-refractivity contribution >= 4 is 11.6 Å². The van der Waals surface area contributed by atoms with Crippen molar-refractivity contribution in [3.05, 3.63) is 36.7 Å². The zero-order chi connectivity index (χ0) is 15.5. The second-order valence-electron chi connectivity index (χ2n) is 5.53. The highest BCUT2D eigenvalue weighted by molar-refractivity contribution is 5.93. The van der Waals surface area contributed by atoms with Crippen LogP contribution in [-0.4, -0.2) is 27.2 Å². The van der Waals surface area contributed by atoms with Crippen molar-refractivity contribution in [2.45, 2.75) is 19.3 Å². The van der Waals surface area contributed by atoms with Crippen LogP contribution < -0.4 is 11.1 Å². The molecule has 7 heteroatoms. The number of rotatable bonds is 4. The fraction of sp³-hybridized carbons (Fsp3) is 0.400. The molecule has 0 radical (unpaired) electrons. The van der Waals surface area contributed by atoms with E-state index in [-0.39, 0.29) is 23.4 Å². The van der Waals surface area contributed by atoms with Gasteiger partial charge in [-0.3, -0.25) is 4.79 Å². The molecule has 1 aromatic heterocycles. The van der Waals surface area contributed by atoms with E-state index in [4.69, 9.17) is 5.73 Å². The highest BCUT2D eigenvalue weighted by Crippen LogP contribution is 2.32. The number of benzene rings is 1. The summed E-state index contributed by atoms with van der Waals surface area (Å²) >= 11 is 0. The summed E-state index contributed by atoms with van der Waals surface area (Å²) in [5.41, 5.74) is 6.43. The second-order valence-corrected chi connectivity index (χ2v) is 5.53. The highest BCUT2D eigenvalue weighted by atomic mass is 19.1. The molecule has 1 heterocycles. The number of anilines is 1. The van der Waals surface area contributed by atoms with Crippen molar-refractivity contribution in [2.75, 3.05) is 11.9 Å². The number of carbonyl (C=O) groups is 1. The lowest BCUT2D eigenvalue weighted by Gasteiger charge is -2.17. The van der Waals surface area contributed by atoms with Crippen LogP contribution in [0.1, 0.15) is 19.3 Å². The van der Waals surface area contributed by atoms with Crippen LogP contribution in [0.15, 0.2) is 30.9 Å². The van der Waals surface area contributed by atoms with E-state index in [1.807, 2.05) is 0 Å². The van der Waals surface area contributed by atoms with Gasteiger partial charge in [0.05, 0.1) is 0 Å². The lowest BCUT2D eigenvalue weighted by molar-refractivity contribution is -0.120. The number of nitrogens with zero attached hydrogens (tertiary/aromatic N) is 3. The lowest BCUT2D eigenvalue weighted by Crippen LogP contribution is -2.29. The van der Waals surface area contributed by atoms with Gasteiger partial charge in [0.2, 0.25) is 5.91 Å². The number of halogens is 1. The normalized spacial score (nSPS) is 21.0. The van der Waals surface area contributed by atoms with Crippen LogP contribution in [0.2, 0.25) is 0 Å². The average molecular weight is 303 g/mol. The van der Waals surface area contributed by atoms with E-state index in [9.17, 15) is 9.18 Å². The third kappa shape index (κ3) is 2.85. The molecule has 1 saturated carbocycles. The van der Waals surface area contributed by atoms with Crippen LogP contribution in [0.25, 0.3) is 5.69 Å². The van der Waals surface area contributed by atoms with Crippen LogP contribution >= 0.6 is 0 Å². The third-order valence-corrected chi connectivity index (χ3v) is 4.18. The van der Waals surface area contributed by atoms with Crippen LogP contribution in [0.4, 0.5) is 10.1 Å². The van der Waals surface area contributed by atoms with E-state index in [0.29, 0.717) is 12.2 Å². The number of nitrogens with one attached hydrogen (secondary N) is 1. The molecule has 1 aromatic carbocycles. The Bertz CT molecular complexity index is 658. The Morgan fingerprint density at radius 3 is 3.00 bits per heavy atom. The van der Waals surface area contributed by atoms with Gasteiger partial charge in [-0.15, -0.1) is 0 Å². The molecule has 0 unspecified atom stereocenters. The van der Waals surface area contributed by atoms with E-state index in [1.54, 1.807) is 12.1 Å². The van der Waals surface area contributed by atoms with Crippen molar-refractivity contribution < 1.29 is 9.18 Å². The van der Waals surface area contributed by atoms with E-state index in [0.717, 1.165) is 19.3 Å². The second kappa shape index (κ2) is 6.23. The quantitative estimate of drug-likeness (QED) is 0.900. The van der Waals surface area contributed by atoms with Crippen molar-refractivity contribution in [1.29, 1.82) is 0 Å². The Labute approximate surface area is 127 Å². The molecule has 0 saturated heterocycles. The number of hydrogen-bond acceptors (Lipinski definition) is 4. The topological polar surface area (TPSA) is 85.8 Å². The Kier molecular flexibility index (Phi) is 4.15. The largest absolute Gasteiger partial charge is 0.330 e. The number of carbonyl (C=O) groups excluding carboxylic acids is 1. The van der Waals surface area contributed by atoms with Crippen molar-refractivity contribution in [3.8, 4) is 5.69 Å². The molecule has 0 spiro atoms. The summed E-state index contributed by atoms with van der Waals surface area (Å²) in [5, 5.41) is 6.67. The van der Waals surface area contributed by atoms with Gasteiger partial charge in [-0.1, -0.05) is 6.42 Å². The molecule has 22 heavy (non-hydrogen) atoms. The Hall–Kier alpha value is -2.28. The molecule has 1 amide bonds. The maximum absolute atomic E-state index is 14.1. The molecule has 3 rings (SSSR count). The zero-order valence-corrected chi connectivity index (χ0v) is 12.1. The van der Waals surface area contributed by atoms with Crippen LogP contribution in [0.3, 0.4) is 0 Å². The molecule has 2 atom stereocenters. The minimum absolute atomic E-state index is 0.0805. The number of nitrogens with two attached hydrogens (primary N) is 1. The Morgan fingerprint density at radius 1 is 1.45 bits per heavy atom. The fourth-order valence-corrected chi connectivity index (χ4v) is 3.00. The maximum Gasteiger partial charge on any atom is 0.227 e. The van der Waals surface area contributed by atoms with E-state index in [1.165, 1.54) is 23.4 Å². The number of amides is 1. The zero-order valence-electron chi connectivity index (χ0n) is 12.1. The van der Waals surface area contributed by atoms with Gasteiger partial charge in [-0.25, -0.2) is 14.1 Å². The summed E-state index contributed by atoms with van der Waals surface area (Å²) in [7, 11) is 0. The first-order chi connectivity index (χ1) is 10.7. The van der Waals surface area contributed by atoms with Gasteiger partial charge in [0.25, 0.3) is 0 Å². The molecular weight excluding hydrogens is 285 g/mol. The molecule has 1 fully saturated rings. The molecule has 2 aromatic rings. The first-order valence-electron chi connectivity index (χ1n) is 7.34. The Morgan fingerprint density at radius 2 is 2.32 bits per heavy atom. The van der Waals surface area contributed by atoms with E-state index in [2.05, 4.69) is 15.4 Å². The summed E-state index contributed by atoms with van der Waals surface area (Å²) in [5.74, 6) is -0.409. The summed E-state index contributed by atoms with van der Waals surface area (Å²) < 4.78 is 15.5. The average Bonchev–Trinajstić information content (AvgIpc) is 3.18. The lowest BCUT2D eigenvalue weighted by atomic mass is 9.95. The van der Waals surface area contributed by atoms with Crippen molar-refractivity contribution in [2.24, 2.45) is 17.6 Å². The van der Waals surface area contributed by atoms with Crippen LogP contribution in [0.5, 0.6) is 0 Å². The van der Waals surface area contributed by atoms with Gasteiger partial charge >= 0.3 is 0 Å². The molecular formula is C15H18FN5O. The SMILES string of the molecule is NC[C@H]1CCC[C@H]1C(=O)Nc1ccc(-n2cncn2)c(F)c1. The smallest absolute Gasteiger partial charge is 0.227 e. The number of hydrogen-bond donors (Lipinski definition) is 2. The molecule has 3 N–H and O–H groups in total. The molecule has 0 bridgehead atoms. The van der Waals surface area contributed by atoms with Gasteiger partial charge in [0.15, 0.2) is 5.82 Å². The molecule has 1 aliphatic rings. The summed E-state index contributed by atoms with van der Waals surface area (Å²) in [6.07, 6.45) is 5.59. The van der Waals surface area contributed by atoms with Gasteiger partial charge in [0, 0.05) is 11.6 Å². The van der Waals surface area contributed by atoms with Gasteiger partial charge in [-0.05, 0) is 43.5 Å². The molecule has 1 aliphatic carbocycles. The van der Waals surface area contributed by atoms with Crippen molar-refractivity contribution in [3.63, 3.8) is 0 Å². The van der Waals surface area contributed by atoms with E-state index < -0.39 is 5.82 Å². The monoisotopic (exact) mass is 303 g/mol. The van der Waals surface area contributed by atoms with E-state index >= 15 is 0 Å². The van der Waals surface area contributed by atoms with Crippen molar-refractivity contribution in [1.82, 2.24) is 14.8 Å².